The molecular formula is C19H18NOP. The van der Waals surface area contributed by atoms with E-state index in [9.17, 15) is 5.11 Å². The van der Waals surface area contributed by atoms with Gasteiger partial charge in [0, 0.05) is 5.56 Å². The second-order valence-electron chi connectivity index (χ2n) is 5.01. The Kier molecular flexibility index (Phi) is 4.65. The number of aliphatic hydroxyl groups is 1. The van der Waals surface area contributed by atoms with Gasteiger partial charge in [0.15, 0.2) is 0 Å². The van der Waals surface area contributed by atoms with Gasteiger partial charge in [-0.15, -0.1) is 0 Å². The van der Waals surface area contributed by atoms with Crippen LogP contribution in [0.4, 0.5) is 0 Å². The summed E-state index contributed by atoms with van der Waals surface area (Å²) in [5, 5.41) is 13.5. The smallest absolute Gasteiger partial charge is 0.129 e. The third-order valence-corrected chi connectivity index (χ3v) is 6.04. The van der Waals surface area contributed by atoms with Crippen LogP contribution in [0.25, 0.3) is 0 Å². The quantitative estimate of drug-likeness (QED) is 0.574. The fourth-order valence-electron chi connectivity index (χ4n) is 2.52. The molecule has 0 unspecified atom stereocenters. The molecule has 0 aliphatic rings. The van der Waals surface area contributed by atoms with Crippen molar-refractivity contribution in [1.82, 2.24) is 0 Å². The van der Waals surface area contributed by atoms with Gasteiger partial charge in [0.2, 0.25) is 0 Å². The molecule has 3 N–H and O–H groups in total. The SMILES string of the molecule is N[C@@H](O)c1ccccc1P(c1ccccc1)c1ccccc1. The first kappa shape index (κ1) is 14.9. The van der Waals surface area contributed by atoms with Crippen LogP contribution in [0.5, 0.6) is 0 Å². The highest BCUT2D eigenvalue weighted by atomic mass is 31.1. The molecule has 0 fully saturated rings. The Bertz CT molecular complexity index is 689. The second-order valence-corrected chi connectivity index (χ2v) is 7.20. The summed E-state index contributed by atoms with van der Waals surface area (Å²) in [4.78, 5) is 0. The van der Waals surface area contributed by atoms with Crippen molar-refractivity contribution in [2.24, 2.45) is 5.73 Å². The predicted molar refractivity (Wildman–Crippen MR) is 94.3 cm³/mol. The van der Waals surface area contributed by atoms with E-state index in [-0.39, 0.29) is 0 Å². The summed E-state index contributed by atoms with van der Waals surface area (Å²) in [7, 11) is -0.739. The lowest BCUT2D eigenvalue weighted by molar-refractivity contribution is 0.187. The van der Waals surface area contributed by atoms with Crippen LogP contribution in [-0.4, -0.2) is 5.11 Å². The van der Waals surface area contributed by atoms with E-state index in [0.29, 0.717) is 0 Å². The summed E-state index contributed by atoms with van der Waals surface area (Å²) in [5.74, 6) is 0. The van der Waals surface area contributed by atoms with Crippen LogP contribution in [-0.2, 0) is 0 Å². The fourth-order valence-corrected chi connectivity index (χ4v) is 5.02. The van der Waals surface area contributed by atoms with Crippen molar-refractivity contribution in [3.05, 3.63) is 90.5 Å². The molecule has 3 rings (SSSR count). The van der Waals surface area contributed by atoms with Crippen LogP contribution >= 0.6 is 7.92 Å². The molecule has 0 aliphatic carbocycles. The zero-order valence-electron chi connectivity index (χ0n) is 12.1. The van der Waals surface area contributed by atoms with E-state index in [1.807, 2.05) is 30.3 Å². The lowest BCUT2D eigenvalue weighted by Gasteiger charge is -2.23. The molecule has 0 aromatic heterocycles. The van der Waals surface area contributed by atoms with Gasteiger partial charge in [0.05, 0.1) is 0 Å². The van der Waals surface area contributed by atoms with Crippen molar-refractivity contribution in [3.63, 3.8) is 0 Å². The Hall–Kier alpha value is -1.99. The van der Waals surface area contributed by atoms with E-state index in [1.54, 1.807) is 0 Å². The third kappa shape index (κ3) is 3.10. The molecule has 0 spiro atoms. The van der Waals surface area contributed by atoms with Crippen molar-refractivity contribution in [2.45, 2.75) is 6.23 Å². The van der Waals surface area contributed by atoms with Gasteiger partial charge in [0.1, 0.15) is 6.23 Å². The maximum absolute atomic E-state index is 9.94. The first-order valence-electron chi connectivity index (χ1n) is 7.20. The highest BCUT2D eigenvalue weighted by molar-refractivity contribution is 7.79. The average molecular weight is 307 g/mol. The lowest BCUT2D eigenvalue weighted by atomic mass is 10.2. The number of nitrogens with two attached hydrogens (primary N) is 1. The third-order valence-electron chi connectivity index (χ3n) is 3.53. The molecular weight excluding hydrogens is 289 g/mol. The van der Waals surface area contributed by atoms with Gasteiger partial charge < -0.3 is 10.8 Å². The summed E-state index contributed by atoms with van der Waals surface area (Å²) in [6.45, 7) is 0. The molecule has 0 aliphatic heterocycles. The van der Waals surface area contributed by atoms with Gasteiger partial charge in [-0.05, 0) is 23.8 Å². The Morgan fingerprint density at radius 1 is 0.682 bits per heavy atom. The largest absolute Gasteiger partial charge is 0.375 e. The van der Waals surface area contributed by atoms with Gasteiger partial charge in [-0.3, -0.25) is 0 Å². The Balaban J connectivity index is 2.19. The van der Waals surface area contributed by atoms with Crippen LogP contribution in [0.3, 0.4) is 0 Å². The lowest BCUT2D eigenvalue weighted by Crippen LogP contribution is -2.26. The van der Waals surface area contributed by atoms with Crippen LogP contribution in [0.2, 0.25) is 0 Å². The molecule has 0 heterocycles. The standard InChI is InChI=1S/C19H18NOP/c20-19(21)17-13-7-8-14-18(17)22(15-9-3-1-4-10-15)16-11-5-2-6-12-16/h1-14,19,21H,20H2/t19-/m0/s1. The van der Waals surface area contributed by atoms with Gasteiger partial charge >= 0.3 is 0 Å². The molecule has 0 saturated heterocycles. The van der Waals surface area contributed by atoms with Crippen molar-refractivity contribution in [1.29, 1.82) is 0 Å². The molecule has 0 amide bonds. The topological polar surface area (TPSA) is 46.2 Å². The number of rotatable bonds is 4. The molecule has 0 saturated carbocycles. The minimum Gasteiger partial charge on any atom is -0.375 e. The van der Waals surface area contributed by atoms with Gasteiger partial charge in [-0.1, -0.05) is 84.9 Å². The number of hydrogen-bond acceptors (Lipinski definition) is 2. The van der Waals surface area contributed by atoms with E-state index in [1.165, 1.54) is 10.6 Å². The summed E-state index contributed by atoms with van der Waals surface area (Å²) in [6.07, 6.45) is -0.964. The van der Waals surface area contributed by atoms with Gasteiger partial charge in [-0.2, -0.15) is 0 Å². The second kappa shape index (κ2) is 6.85. The molecule has 3 heteroatoms. The Morgan fingerprint density at radius 3 is 1.64 bits per heavy atom. The molecule has 1 atom stereocenters. The molecule has 22 heavy (non-hydrogen) atoms. The van der Waals surface area contributed by atoms with E-state index in [4.69, 9.17) is 5.73 Å². The molecule has 110 valence electrons. The van der Waals surface area contributed by atoms with E-state index in [2.05, 4.69) is 54.6 Å². The van der Waals surface area contributed by atoms with Crippen molar-refractivity contribution >= 4 is 23.8 Å². The number of benzene rings is 3. The zero-order valence-corrected chi connectivity index (χ0v) is 13.0. The van der Waals surface area contributed by atoms with Gasteiger partial charge in [-0.25, -0.2) is 0 Å². The minimum atomic E-state index is -0.964. The normalized spacial score (nSPS) is 12.3. The maximum Gasteiger partial charge on any atom is 0.129 e. The highest BCUT2D eigenvalue weighted by Crippen LogP contribution is 2.34. The van der Waals surface area contributed by atoms with Crippen molar-refractivity contribution in [3.8, 4) is 0 Å². The van der Waals surface area contributed by atoms with Crippen molar-refractivity contribution < 1.29 is 5.11 Å². The molecule has 0 radical (unpaired) electrons. The van der Waals surface area contributed by atoms with Crippen LogP contribution in [0.1, 0.15) is 11.8 Å². The molecule has 3 aromatic rings. The Morgan fingerprint density at radius 2 is 1.14 bits per heavy atom. The molecule has 2 nitrogen and oxygen atoms in total. The number of hydrogen-bond donors (Lipinski definition) is 2. The Labute approximate surface area is 132 Å². The van der Waals surface area contributed by atoms with E-state index < -0.39 is 14.1 Å². The highest BCUT2D eigenvalue weighted by Gasteiger charge is 2.20. The van der Waals surface area contributed by atoms with Crippen molar-refractivity contribution in [2.75, 3.05) is 0 Å². The van der Waals surface area contributed by atoms with Crippen LogP contribution in [0.15, 0.2) is 84.9 Å². The zero-order chi connectivity index (χ0) is 15.4. The molecule has 0 bridgehead atoms. The first-order valence-corrected chi connectivity index (χ1v) is 8.54. The first-order chi connectivity index (χ1) is 10.8. The maximum atomic E-state index is 9.94. The number of aliphatic hydroxyl groups excluding tert-OH is 1. The molecule has 3 aromatic carbocycles. The monoisotopic (exact) mass is 307 g/mol. The average Bonchev–Trinajstić information content (AvgIpc) is 2.57. The van der Waals surface area contributed by atoms with E-state index in [0.717, 1.165) is 10.9 Å². The van der Waals surface area contributed by atoms with Crippen LogP contribution < -0.4 is 21.6 Å². The fraction of sp³-hybridized carbons (Fsp3) is 0.0526. The predicted octanol–water partition coefficient (Wildman–Crippen LogP) is 2.39. The summed E-state index contributed by atoms with van der Waals surface area (Å²) in [6, 6.07) is 28.7. The van der Waals surface area contributed by atoms with Gasteiger partial charge in [0.25, 0.3) is 0 Å². The summed E-state index contributed by atoms with van der Waals surface area (Å²) < 4.78 is 0. The minimum absolute atomic E-state index is 0.739. The van der Waals surface area contributed by atoms with Crippen LogP contribution in [0, 0.1) is 0 Å². The summed E-state index contributed by atoms with van der Waals surface area (Å²) >= 11 is 0. The summed E-state index contributed by atoms with van der Waals surface area (Å²) in [5.41, 5.74) is 6.57. The van der Waals surface area contributed by atoms with E-state index >= 15 is 0 Å².